The zero-order valence-electron chi connectivity index (χ0n) is 13.6. The summed E-state index contributed by atoms with van der Waals surface area (Å²) in [6.45, 7) is 5.15. The number of aliphatic carboxylic acids is 1. The van der Waals surface area contributed by atoms with Crippen LogP contribution >= 0.6 is 0 Å². The molecule has 4 nitrogen and oxygen atoms in total. The molecule has 2 unspecified atom stereocenters. The highest BCUT2D eigenvalue weighted by Crippen LogP contribution is 2.24. The smallest absolute Gasteiger partial charge is 0.303 e. The first-order valence-electron chi connectivity index (χ1n) is 8.59. The fourth-order valence-corrected chi connectivity index (χ4v) is 3.23. The molecule has 1 amide bonds. The molecule has 21 heavy (non-hydrogen) atoms. The highest BCUT2D eigenvalue weighted by Gasteiger charge is 2.27. The van der Waals surface area contributed by atoms with Crippen molar-refractivity contribution in [3.8, 4) is 0 Å². The maximum absolute atomic E-state index is 12.6. The van der Waals surface area contributed by atoms with E-state index in [2.05, 4.69) is 13.8 Å². The van der Waals surface area contributed by atoms with Gasteiger partial charge in [-0.3, -0.25) is 9.59 Å². The predicted octanol–water partition coefficient (Wildman–Crippen LogP) is 3.84. The topological polar surface area (TPSA) is 57.6 Å². The number of carbonyl (C=O) groups excluding carboxylic acids is 1. The minimum atomic E-state index is -0.762. The SMILES string of the molecule is CCCCC(CC)CC(=O)N1CCCCC1CCC(=O)O. The number of rotatable bonds is 9. The quantitative estimate of drug-likeness (QED) is 0.703. The molecule has 1 aliphatic rings. The Hall–Kier alpha value is -1.06. The standard InChI is InChI=1S/C17H31NO3/c1-3-5-8-14(4-2)13-16(19)18-12-7-6-9-15(18)10-11-17(20)21/h14-15H,3-13H2,1-2H3,(H,20,21). The van der Waals surface area contributed by atoms with Gasteiger partial charge in [0.25, 0.3) is 0 Å². The number of amides is 1. The molecule has 1 saturated heterocycles. The minimum Gasteiger partial charge on any atom is -0.481 e. The highest BCUT2D eigenvalue weighted by atomic mass is 16.4. The lowest BCUT2D eigenvalue weighted by Crippen LogP contribution is -2.44. The first-order chi connectivity index (χ1) is 10.1. The van der Waals surface area contributed by atoms with Gasteiger partial charge < -0.3 is 10.0 Å². The van der Waals surface area contributed by atoms with E-state index in [9.17, 15) is 9.59 Å². The van der Waals surface area contributed by atoms with Crippen LogP contribution in [0.2, 0.25) is 0 Å². The largest absolute Gasteiger partial charge is 0.481 e. The average molecular weight is 297 g/mol. The Kier molecular flexibility index (Phi) is 8.40. The van der Waals surface area contributed by atoms with Gasteiger partial charge in [-0.05, 0) is 38.0 Å². The van der Waals surface area contributed by atoms with Crippen molar-refractivity contribution in [2.75, 3.05) is 6.54 Å². The van der Waals surface area contributed by atoms with E-state index in [4.69, 9.17) is 5.11 Å². The highest BCUT2D eigenvalue weighted by molar-refractivity contribution is 5.77. The number of carboxylic acid groups (broad SMARTS) is 1. The Bertz CT molecular complexity index is 330. The summed E-state index contributed by atoms with van der Waals surface area (Å²) in [7, 11) is 0. The summed E-state index contributed by atoms with van der Waals surface area (Å²) in [5.41, 5.74) is 0. The number of likely N-dealkylation sites (tertiary alicyclic amines) is 1. The predicted molar refractivity (Wildman–Crippen MR) is 84.1 cm³/mol. The summed E-state index contributed by atoms with van der Waals surface area (Å²) in [6, 6.07) is 0.144. The molecule has 0 aromatic carbocycles. The lowest BCUT2D eigenvalue weighted by Gasteiger charge is -2.36. The molecule has 0 aromatic rings. The molecular weight excluding hydrogens is 266 g/mol. The van der Waals surface area contributed by atoms with Gasteiger partial charge in [0.05, 0.1) is 0 Å². The number of piperidine rings is 1. The Morgan fingerprint density at radius 1 is 1.29 bits per heavy atom. The average Bonchev–Trinajstić information content (AvgIpc) is 2.49. The van der Waals surface area contributed by atoms with Crippen molar-refractivity contribution in [3.63, 3.8) is 0 Å². The number of hydrogen-bond donors (Lipinski definition) is 1. The third kappa shape index (κ3) is 6.49. The van der Waals surface area contributed by atoms with Crippen LogP contribution < -0.4 is 0 Å². The zero-order chi connectivity index (χ0) is 15.7. The molecule has 0 spiro atoms. The monoisotopic (exact) mass is 297 g/mol. The van der Waals surface area contributed by atoms with Gasteiger partial charge in [-0.1, -0.05) is 33.1 Å². The van der Waals surface area contributed by atoms with Gasteiger partial charge in [-0.25, -0.2) is 0 Å². The van der Waals surface area contributed by atoms with E-state index < -0.39 is 5.97 Å². The van der Waals surface area contributed by atoms with Gasteiger partial charge in [0.15, 0.2) is 0 Å². The molecule has 122 valence electrons. The number of carbonyl (C=O) groups is 2. The van der Waals surface area contributed by atoms with Crippen LogP contribution in [0.25, 0.3) is 0 Å². The number of carboxylic acids is 1. The molecule has 1 heterocycles. The molecule has 0 aliphatic carbocycles. The van der Waals surface area contributed by atoms with Crippen molar-refractivity contribution in [1.29, 1.82) is 0 Å². The molecule has 4 heteroatoms. The summed E-state index contributed by atoms with van der Waals surface area (Å²) < 4.78 is 0. The van der Waals surface area contributed by atoms with Crippen molar-refractivity contribution in [3.05, 3.63) is 0 Å². The van der Waals surface area contributed by atoms with Gasteiger partial charge in [0.2, 0.25) is 5.91 Å². The van der Waals surface area contributed by atoms with E-state index in [1.807, 2.05) is 4.90 Å². The minimum absolute atomic E-state index is 0.144. The Morgan fingerprint density at radius 3 is 2.67 bits per heavy atom. The molecule has 1 fully saturated rings. The lowest BCUT2D eigenvalue weighted by molar-refractivity contribution is -0.140. The van der Waals surface area contributed by atoms with E-state index in [-0.39, 0.29) is 18.4 Å². The van der Waals surface area contributed by atoms with Crippen LogP contribution in [-0.4, -0.2) is 34.5 Å². The molecule has 2 atom stereocenters. The van der Waals surface area contributed by atoms with E-state index >= 15 is 0 Å². The van der Waals surface area contributed by atoms with Crippen LogP contribution in [-0.2, 0) is 9.59 Å². The third-order valence-corrected chi connectivity index (χ3v) is 4.65. The second kappa shape index (κ2) is 9.80. The van der Waals surface area contributed by atoms with Gasteiger partial charge in [0, 0.05) is 25.4 Å². The molecule has 0 saturated carbocycles. The number of unbranched alkanes of at least 4 members (excludes halogenated alkanes) is 1. The lowest BCUT2D eigenvalue weighted by atomic mass is 9.92. The van der Waals surface area contributed by atoms with Crippen LogP contribution in [0.4, 0.5) is 0 Å². The summed E-state index contributed by atoms with van der Waals surface area (Å²) in [5, 5.41) is 8.85. The molecule has 0 aromatic heterocycles. The first-order valence-corrected chi connectivity index (χ1v) is 8.59. The van der Waals surface area contributed by atoms with E-state index in [0.29, 0.717) is 18.8 Å². The fraction of sp³-hybridized carbons (Fsp3) is 0.882. The van der Waals surface area contributed by atoms with E-state index in [1.165, 1.54) is 12.8 Å². The fourth-order valence-electron chi connectivity index (χ4n) is 3.23. The van der Waals surface area contributed by atoms with Crippen LogP contribution in [0.5, 0.6) is 0 Å². The first kappa shape index (κ1) is 18.0. The summed E-state index contributed by atoms with van der Waals surface area (Å²) >= 11 is 0. The normalized spacial score (nSPS) is 20.3. The second-order valence-electron chi connectivity index (χ2n) is 6.29. The molecule has 1 aliphatic heterocycles. The molecule has 1 N–H and O–H groups in total. The molecular formula is C17H31NO3. The van der Waals surface area contributed by atoms with Crippen molar-refractivity contribution in [2.24, 2.45) is 5.92 Å². The Morgan fingerprint density at radius 2 is 2.05 bits per heavy atom. The maximum atomic E-state index is 12.6. The summed E-state index contributed by atoms with van der Waals surface area (Å²) in [4.78, 5) is 25.3. The van der Waals surface area contributed by atoms with Crippen molar-refractivity contribution in [1.82, 2.24) is 4.90 Å². The molecule has 0 radical (unpaired) electrons. The van der Waals surface area contributed by atoms with E-state index in [1.54, 1.807) is 0 Å². The summed E-state index contributed by atoms with van der Waals surface area (Å²) in [5.74, 6) is -0.0325. The van der Waals surface area contributed by atoms with Crippen molar-refractivity contribution >= 4 is 11.9 Å². The Labute approximate surface area is 128 Å². The van der Waals surface area contributed by atoms with Gasteiger partial charge in [0.1, 0.15) is 0 Å². The van der Waals surface area contributed by atoms with Crippen LogP contribution in [0.15, 0.2) is 0 Å². The van der Waals surface area contributed by atoms with Crippen LogP contribution in [0.3, 0.4) is 0 Å². The summed E-state index contributed by atoms with van der Waals surface area (Å²) in [6.07, 6.45) is 9.09. The number of nitrogens with zero attached hydrogens (tertiary/aromatic N) is 1. The Balaban J connectivity index is 2.52. The molecule has 0 bridgehead atoms. The van der Waals surface area contributed by atoms with Crippen LogP contribution in [0.1, 0.15) is 78.1 Å². The van der Waals surface area contributed by atoms with Gasteiger partial charge >= 0.3 is 5.97 Å². The number of hydrogen-bond acceptors (Lipinski definition) is 2. The van der Waals surface area contributed by atoms with Crippen LogP contribution in [0, 0.1) is 5.92 Å². The third-order valence-electron chi connectivity index (χ3n) is 4.65. The van der Waals surface area contributed by atoms with E-state index in [0.717, 1.165) is 38.6 Å². The van der Waals surface area contributed by atoms with Gasteiger partial charge in [-0.2, -0.15) is 0 Å². The van der Waals surface area contributed by atoms with Gasteiger partial charge in [-0.15, -0.1) is 0 Å². The molecule has 1 rings (SSSR count). The van der Waals surface area contributed by atoms with Crippen molar-refractivity contribution < 1.29 is 14.7 Å². The zero-order valence-corrected chi connectivity index (χ0v) is 13.6. The second-order valence-corrected chi connectivity index (χ2v) is 6.29. The van der Waals surface area contributed by atoms with Crippen molar-refractivity contribution in [2.45, 2.75) is 84.1 Å². The maximum Gasteiger partial charge on any atom is 0.303 e.